The van der Waals surface area contributed by atoms with Crippen LogP contribution in [0.5, 0.6) is 5.75 Å². The fourth-order valence-electron chi connectivity index (χ4n) is 1.03. The van der Waals surface area contributed by atoms with Gasteiger partial charge in [-0.2, -0.15) is 0 Å². The zero-order chi connectivity index (χ0) is 9.68. The molecule has 0 spiro atoms. The van der Waals surface area contributed by atoms with Crippen molar-refractivity contribution in [3.8, 4) is 5.75 Å². The SMILES string of the molecule is CC(C)Oc1cnccc1CC=O. The number of carbonyl (C=O) groups is 1. The van der Waals surface area contributed by atoms with Crippen LogP contribution in [-0.4, -0.2) is 17.4 Å². The van der Waals surface area contributed by atoms with Crippen molar-refractivity contribution in [2.75, 3.05) is 0 Å². The molecule has 0 unspecified atom stereocenters. The number of hydrogen-bond acceptors (Lipinski definition) is 3. The molecule has 0 saturated heterocycles. The Hall–Kier alpha value is -1.38. The highest BCUT2D eigenvalue weighted by atomic mass is 16.5. The molecule has 0 N–H and O–H groups in total. The Morgan fingerprint density at radius 3 is 3.00 bits per heavy atom. The van der Waals surface area contributed by atoms with Crippen molar-refractivity contribution in [2.45, 2.75) is 26.4 Å². The molecule has 0 aliphatic heterocycles. The third-order valence-corrected chi connectivity index (χ3v) is 1.54. The summed E-state index contributed by atoms with van der Waals surface area (Å²) in [7, 11) is 0. The molecule has 0 atom stereocenters. The summed E-state index contributed by atoms with van der Waals surface area (Å²) in [5.41, 5.74) is 0.888. The standard InChI is InChI=1S/C10H13NO2/c1-8(2)13-10-7-11-5-3-9(10)4-6-12/h3,5-8H,4H2,1-2H3. The Morgan fingerprint density at radius 1 is 1.62 bits per heavy atom. The molecule has 1 heterocycles. The maximum absolute atomic E-state index is 10.3. The fraction of sp³-hybridized carbons (Fsp3) is 0.400. The number of rotatable bonds is 4. The minimum Gasteiger partial charge on any atom is -0.489 e. The van der Waals surface area contributed by atoms with E-state index < -0.39 is 0 Å². The molecule has 1 rings (SSSR count). The monoisotopic (exact) mass is 179 g/mol. The minimum absolute atomic E-state index is 0.106. The maximum Gasteiger partial charge on any atom is 0.141 e. The lowest BCUT2D eigenvalue weighted by Gasteiger charge is -2.11. The summed E-state index contributed by atoms with van der Waals surface area (Å²) < 4.78 is 5.48. The number of aromatic nitrogens is 1. The summed E-state index contributed by atoms with van der Waals surface area (Å²) in [6.45, 7) is 3.88. The van der Waals surface area contributed by atoms with Gasteiger partial charge in [0.1, 0.15) is 12.0 Å². The molecule has 0 amide bonds. The van der Waals surface area contributed by atoms with Crippen LogP contribution in [-0.2, 0) is 11.2 Å². The molecule has 0 bridgehead atoms. The van der Waals surface area contributed by atoms with Gasteiger partial charge in [0.15, 0.2) is 0 Å². The Bertz CT molecular complexity index is 284. The topological polar surface area (TPSA) is 39.2 Å². The molecular weight excluding hydrogens is 166 g/mol. The molecule has 0 saturated carbocycles. The smallest absolute Gasteiger partial charge is 0.141 e. The number of aldehydes is 1. The molecule has 3 nitrogen and oxygen atoms in total. The molecule has 70 valence electrons. The number of ether oxygens (including phenoxy) is 1. The number of nitrogens with zero attached hydrogens (tertiary/aromatic N) is 1. The molecule has 0 aromatic carbocycles. The quantitative estimate of drug-likeness (QED) is 0.659. The van der Waals surface area contributed by atoms with Gasteiger partial charge >= 0.3 is 0 Å². The second kappa shape index (κ2) is 4.60. The zero-order valence-electron chi connectivity index (χ0n) is 7.86. The van der Waals surface area contributed by atoms with E-state index >= 15 is 0 Å². The van der Waals surface area contributed by atoms with E-state index in [1.165, 1.54) is 0 Å². The first-order chi connectivity index (χ1) is 6.24. The number of carbonyl (C=O) groups excluding carboxylic acids is 1. The van der Waals surface area contributed by atoms with E-state index in [1.807, 2.05) is 13.8 Å². The van der Waals surface area contributed by atoms with Gasteiger partial charge in [-0.3, -0.25) is 4.98 Å². The van der Waals surface area contributed by atoms with E-state index in [2.05, 4.69) is 4.98 Å². The Morgan fingerprint density at radius 2 is 2.38 bits per heavy atom. The molecular formula is C10H13NO2. The highest BCUT2D eigenvalue weighted by Crippen LogP contribution is 2.17. The van der Waals surface area contributed by atoms with Gasteiger partial charge in [0.05, 0.1) is 12.3 Å². The largest absolute Gasteiger partial charge is 0.489 e. The van der Waals surface area contributed by atoms with Crippen LogP contribution in [0.15, 0.2) is 18.5 Å². The van der Waals surface area contributed by atoms with Gasteiger partial charge in [0.2, 0.25) is 0 Å². The van der Waals surface area contributed by atoms with Crippen LogP contribution in [0.1, 0.15) is 19.4 Å². The summed E-state index contributed by atoms with van der Waals surface area (Å²) >= 11 is 0. The first-order valence-corrected chi connectivity index (χ1v) is 4.27. The lowest BCUT2D eigenvalue weighted by molar-refractivity contribution is -0.107. The van der Waals surface area contributed by atoms with E-state index in [0.29, 0.717) is 12.2 Å². The number of hydrogen-bond donors (Lipinski definition) is 0. The molecule has 0 fully saturated rings. The van der Waals surface area contributed by atoms with Crippen molar-refractivity contribution in [2.24, 2.45) is 0 Å². The van der Waals surface area contributed by atoms with Gasteiger partial charge in [0.25, 0.3) is 0 Å². The summed E-state index contributed by atoms with van der Waals surface area (Å²) in [5, 5.41) is 0. The zero-order valence-corrected chi connectivity index (χ0v) is 7.86. The van der Waals surface area contributed by atoms with Crippen molar-refractivity contribution in [3.05, 3.63) is 24.0 Å². The first kappa shape index (κ1) is 9.71. The van der Waals surface area contributed by atoms with Crippen LogP contribution < -0.4 is 4.74 Å². The molecule has 13 heavy (non-hydrogen) atoms. The third-order valence-electron chi connectivity index (χ3n) is 1.54. The van der Waals surface area contributed by atoms with Crippen LogP contribution in [0.25, 0.3) is 0 Å². The second-order valence-electron chi connectivity index (χ2n) is 3.02. The average molecular weight is 179 g/mol. The van der Waals surface area contributed by atoms with E-state index in [1.54, 1.807) is 18.5 Å². The highest BCUT2D eigenvalue weighted by Gasteiger charge is 2.04. The van der Waals surface area contributed by atoms with E-state index in [0.717, 1.165) is 11.8 Å². The molecule has 3 heteroatoms. The van der Waals surface area contributed by atoms with Crippen molar-refractivity contribution in [1.82, 2.24) is 4.98 Å². The Labute approximate surface area is 77.8 Å². The van der Waals surface area contributed by atoms with Gasteiger partial charge in [0, 0.05) is 18.2 Å². The highest BCUT2D eigenvalue weighted by molar-refractivity contribution is 5.57. The van der Waals surface area contributed by atoms with Gasteiger partial charge in [-0.25, -0.2) is 0 Å². The lowest BCUT2D eigenvalue weighted by atomic mass is 10.2. The molecule has 1 aromatic rings. The lowest BCUT2D eigenvalue weighted by Crippen LogP contribution is -2.07. The van der Waals surface area contributed by atoms with Crippen LogP contribution in [0, 0.1) is 0 Å². The maximum atomic E-state index is 10.3. The van der Waals surface area contributed by atoms with Crippen LogP contribution in [0.2, 0.25) is 0 Å². The van der Waals surface area contributed by atoms with Crippen LogP contribution in [0.3, 0.4) is 0 Å². The third kappa shape index (κ3) is 2.86. The van der Waals surface area contributed by atoms with Crippen molar-refractivity contribution in [3.63, 3.8) is 0 Å². The van der Waals surface area contributed by atoms with Gasteiger partial charge in [-0.15, -0.1) is 0 Å². The Balaban J connectivity index is 2.83. The second-order valence-corrected chi connectivity index (χ2v) is 3.02. The summed E-state index contributed by atoms with van der Waals surface area (Å²) in [4.78, 5) is 14.3. The molecule has 1 aromatic heterocycles. The van der Waals surface area contributed by atoms with Crippen LogP contribution >= 0.6 is 0 Å². The molecule has 0 radical (unpaired) electrons. The first-order valence-electron chi connectivity index (χ1n) is 4.27. The van der Waals surface area contributed by atoms with Crippen molar-refractivity contribution < 1.29 is 9.53 Å². The fourth-order valence-corrected chi connectivity index (χ4v) is 1.03. The predicted molar refractivity (Wildman–Crippen MR) is 49.8 cm³/mol. The minimum atomic E-state index is 0.106. The van der Waals surface area contributed by atoms with E-state index in [4.69, 9.17) is 4.74 Å². The molecule has 0 aliphatic carbocycles. The van der Waals surface area contributed by atoms with Crippen molar-refractivity contribution in [1.29, 1.82) is 0 Å². The van der Waals surface area contributed by atoms with Crippen LogP contribution in [0.4, 0.5) is 0 Å². The summed E-state index contributed by atoms with van der Waals surface area (Å²) in [6.07, 6.45) is 4.65. The normalized spacial score (nSPS) is 10.1. The van der Waals surface area contributed by atoms with Gasteiger partial charge in [-0.1, -0.05) is 0 Å². The Kier molecular flexibility index (Phi) is 3.43. The van der Waals surface area contributed by atoms with Gasteiger partial charge < -0.3 is 9.53 Å². The summed E-state index contributed by atoms with van der Waals surface area (Å²) in [5.74, 6) is 0.699. The van der Waals surface area contributed by atoms with E-state index in [-0.39, 0.29) is 6.10 Å². The summed E-state index contributed by atoms with van der Waals surface area (Å²) in [6, 6.07) is 1.80. The van der Waals surface area contributed by atoms with Gasteiger partial charge in [-0.05, 0) is 19.9 Å². The molecule has 0 aliphatic rings. The number of pyridine rings is 1. The average Bonchev–Trinajstić information content (AvgIpc) is 2.08. The van der Waals surface area contributed by atoms with E-state index in [9.17, 15) is 4.79 Å². The predicted octanol–water partition coefficient (Wildman–Crippen LogP) is 1.61. The van der Waals surface area contributed by atoms with Crippen molar-refractivity contribution >= 4 is 6.29 Å².